The van der Waals surface area contributed by atoms with Crippen molar-refractivity contribution in [3.8, 4) is 0 Å². The summed E-state index contributed by atoms with van der Waals surface area (Å²) in [6.45, 7) is 3.61. The van der Waals surface area contributed by atoms with Crippen LogP contribution in [0.4, 0.5) is 19.0 Å². The molecular weight excluding hydrogens is 397 g/mol. The van der Waals surface area contributed by atoms with Gasteiger partial charge in [0.15, 0.2) is 6.23 Å². The van der Waals surface area contributed by atoms with Gasteiger partial charge in [-0.25, -0.2) is 23.1 Å². The third kappa shape index (κ3) is 3.43. The van der Waals surface area contributed by atoms with Crippen molar-refractivity contribution in [1.29, 1.82) is 0 Å². The molecule has 0 amide bonds. The molecule has 0 aliphatic heterocycles. The van der Waals surface area contributed by atoms with E-state index in [2.05, 4.69) is 15.3 Å². The number of nitrogens with one attached hydrogen (secondary N) is 1. The second kappa shape index (κ2) is 7.39. The van der Waals surface area contributed by atoms with E-state index < -0.39 is 24.0 Å². The fourth-order valence-corrected chi connectivity index (χ4v) is 3.84. The molecule has 9 heteroatoms. The number of hydrogen-bond donors (Lipinski definition) is 2. The van der Waals surface area contributed by atoms with Crippen molar-refractivity contribution >= 4 is 16.7 Å². The van der Waals surface area contributed by atoms with Crippen LogP contribution in [0.25, 0.3) is 10.9 Å². The summed E-state index contributed by atoms with van der Waals surface area (Å²) >= 11 is 0. The number of aliphatic hydroxyl groups is 1. The van der Waals surface area contributed by atoms with Crippen LogP contribution >= 0.6 is 0 Å². The van der Waals surface area contributed by atoms with Crippen molar-refractivity contribution in [2.75, 3.05) is 5.32 Å². The molecule has 1 atom stereocenters. The fourth-order valence-electron chi connectivity index (χ4n) is 3.84. The third-order valence-corrected chi connectivity index (χ3v) is 5.72. The summed E-state index contributed by atoms with van der Waals surface area (Å²) in [6, 6.07) is 4.85. The number of aromatic nitrogens is 3. The number of aryl methyl sites for hydroxylation is 1. The van der Waals surface area contributed by atoms with E-state index in [1.165, 1.54) is 18.2 Å². The molecule has 2 N–H and O–H groups in total. The molecule has 4 rings (SSSR count). The summed E-state index contributed by atoms with van der Waals surface area (Å²) < 4.78 is 42.1. The first-order chi connectivity index (χ1) is 14.2. The van der Waals surface area contributed by atoms with Gasteiger partial charge in [-0.15, -0.1) is 0 Å². The molecule has 1 fully saturated rings. The topological polar surface area (TPSA) is 80.0 Å². The van der Waals surface area contributed by atoms with Crippen LogP contribution in [0.5, 0.6) is 0 Å². The van der Waals surface area contributed by atoms with Crippen LogP contribution in [-0.2, 0) is 5.54 Å². The van der Waals surface area contributed by atoms with Crippen LogP contribution in [0, 0.1) is 12.7 Å². The SMILES string of the molecule is Cc1nc(N[C@H](O)c2cccc(C(F)F)c2F)c2cn(C3(C)CCC3)c(=O)cc2n1. The number of anilines is 1. The van der Waals surface area contributed by atoms with Gasteiger partial charge < -0.3 is 15.0 Å². The Balaban J connectivity index is 1.78. The van der Waals surface area contributed by atoms with Crippen molar-refractivity contribution in [2.24, 2.45) is 0 Å². The molecule has 6 nitrogen and oxygen atoms in total. The monoisotopic (exact) mass is 418 g/mol. The van der Waals surface area contributed by atoms with E-state index in [0.717, 1.165) is 25.3 Å². The molecule has 30 heavy (non-hydrogen) atoms. The van der Waals surface area contributed by atoms with E-state index in [1.54, 1.807) is 17.7 Å². The average molecular weight is 418 g/mol. The molecule has 0 bridgehead atoms. The molecule has 0 radical (unpaired) electrons. The Morgan fingerprint density at radius 1 is 1.23 bits per heavy atom. The number of nitrogens with zero attached hydrogens (tertiary/aromatic N) is 3. The van der Waals surface area contributed by atoms with Gasteiger partial charge in [-0.2, -0.15) is 0 Å². The molecule has 0 unspecified atom stereocenters. The zero-order valence-corrected chi connectivity index (χ0v) is 16.5. The van der Waals surface area contributed by atoms with Crippen molar-refractivity contribution in [2.45, 2.75) is 51.3 Å². The second-order valence-electron chi connectivity index (χ2n) is 7.85. The minimum atomic E-state index is -3.00. The van der Waals surface area contributed by atoms with Gasteiger partial charge in [0.2, 0.25) is 0 Å². The summed E-state index contributed by atoms with van der Waals surface area (Å²) in [4.78, 5) is 21.2. The normalized spacial score (nSPS) is 16.5. The van der Waals surface area contributed by atoms with Gasteiger partial charge in [0.25, 0.3) is 12.0 Å². The zero-order chi connectivity index (χ0) is 21.6. The van der Waals surface area contributed by atoms with E-state index in [0.29, 0.717) is 16.7 Å². The Morgan fingerprint density at radius 3 is 2.57 bits per heavy atom. The lowest BCUT2D eigenvalue weighted by Gasteiger charge is -2.40. The standard InChI is InChI=1S/C21H21F3N4O2/c1-11-25-15-9-16(29)28(21(2)7-4-8-21)10-14(15)19(26-11)27-20(30)13-6-3-5-12(17(13)22)18(23)24/h3,5-6,9-10,18,20,30H,4,7-8H2,1-2H3,(H,25,26,27)/t20-/m1/s1. The quantitative estimate of drug-likeness (QED) is 0.608. The molecule has 1 aromatic carbocycles. The first-order valence-electron chi connectivity index (χ1n) is 9.62. The van der Waals surface area contributed by atoms with E-state index >= 15 is 0 Å². The van der Waals surface area contributed by atoms with Crippen molar-refractivity contribution in [3.05, 3.63) is 63.6 Å². The number of rotatable bonds is 5. The van der Waals surface area contributed by atoms with Crippen LogP contribution in [-0.4, -0.2) is 19.6 Å². The highest BCUT2D eigenvalue weighted by Gasteiger charge is 2.34. The zero-order valence-electron chi connectivity index (χ0n) is 16.5. The number of benzene rings is 1. The first-order valence-corrected chi connectivity index (χ1v) is 9.62. The average Bonchev–Trinajstić information content (AvgIpc) is 2.65. The molecule has 1 aliphatic carbocycles. The Labute approximate surface area is 170 Å². The first kappa shape index (κ1) is 20.3. The molecule has 3 aromatic rings. The molecule has 1 aliphatic rings. The van der Waals surface area contributed by atoms with Crippen molar-refractivity contribution < 1.29 is 18.3 Å². The maximum Gasteiger partial charge on any atom is 0.266 e. The van der Waals surface area contributed by atoms with Crippen LogP contribution < -0.4 is 10.9 Å². The Kier molecular flexibility index (Phi) is 5.01. The van der Waals surface area contributed by atoms with E-state index in [9.17, 15) is 23.1 Å². The second-order valence-corrected chi connectivity index (χ2v) is 7.85. The Morgan fingerprint density at radius 2 is 1.93 bits per heavy atom. The van der Waals surface area contributed by atoms with Gasteiger partial charge in [0, 0.05) is 23.4 Å². The highest BCUT2D eigenvalue weighted by Crippen LogP contribution is 2.38. The smallest absolute Gasteiger partial charge is 0.266 e. The summed E-state index contributed by atoms with van der Waals surface area (Å²) in [5.74, 6) is -0.656. The van der Waals surface area contributed by atoms with E-state index in [-0.39, 0.29) is 22.5 Å². The predicted octanol–water partition coefficient (Wildman–Crippen LogP) is 4.18. The van der Waals surface area contributed by atoms with Crippen molar-refractivity contribution in [3.63, 3.8) is 0 Å². The molecule has 0 saturated heterocycles. The van der Waals surface area contributed by atoms with Crippen LogP contribution in [0.3, 0.4) is 0 Å². The minimum Gasteiger partial charge on any atom is -0.369 e. The van der Waals surface area contributed by atoms with E-state index in [4.69, 9.17) is 0 Å². The number of fused-ring (bicyclic) bond motifs is 1. The van der Waals surface area contributed by atoms with Gasteiger partial charge in [-0.3, -0.25) is 4.79 Å². The van der Waals surface area contributed by atoms with Crippen LogP contribution in [0.1, 0.15) is 55.8 Å². The van der Waals surface area contributed by atoms with Gasteiger partial charge in [-0.05, 0) is 33.1 Å². The lowest BCUT2D eigenvalue weighted by atomic mass is 9.78. The van der Waals surface area contributed by atoms with Gasteiger partial charge >= 0.3 is 0 Å². The lowest BCUT2D eigenvalue weighted by molar-refractivity contribution is 0.144. The maximum atomic E-state index is 14.4. The summed E-state index contributed by atoms with van der Waals surface area (Å²) in [5.41, 5.74) is -1.22. The minimum absolute atomic E-state index is 0.184. The lowest BCUT2D eigenvalue weighted by Crippen LogP contribution is -2.43. The third-order valence-electron chi connectivity index (χ3n) is 5.72. The molecular formula is C21H21F3N4O2. The maximum absolute atomic E-state index is 14.4. The number of pyridine rings is 1. The van der Waals surface area contributed by atoms with Gasteiger partial charge in [-0.1, -0.05) is 18.2 Å². The van der Waals surface area contributed by atoms with Gasteiger partial charge in [0.1, 0.15) is 17.5 Å². The van der Waals surface area contributed by atoms with E-state index in [1.807, 2.05) is 6.92 Å². The number of alkyl halides is 2. The Hall–Kier alpha value is -2.94. The Bertz CT molecular complexity index is 1170. The number of aliphatic hydroxyl groups excluding tert-OH is 1. The molecule has 0 spiro atoms. The molecule has 1 saturated carbocycles. The summed E-state index contributed by atoms with van der Waals surface area (Å²) in [7, 11) is 0. The number of halogens is 3. The molecule has 158 valence electrons. The van der Waals surface area contributed by atoms with Crippen LogP contribution in [0.15, 0.2) is 35.3 Å². The fraction of sp³-hybridized carbons (Fsp3) is 0.381. The molecule has 2 aromatic heterocycles. The highest BCUT2D eigenvalue weighted by molar-refractivity contribution is 5.88. The van der Waals surface area contributed by atoms with Gasteiger partial charge in [0.05, 0.1) is 16.5 Å². The molecule has 2 heterocycles. The number of hydrogen-bond acceptors (Lipinski definition) is 5. The largest absolute Gasteiger partial charge is 0.369 e. The highest BCUT2D eigenvalue weighted by atomic mass is 19.3. The predicted molar refractivity (Wildman–Crippen MR) is 106 cm³/mol. The summed E-state index contributed by atoms with van der Waals surface area (Å²) in [5, 5.41) is 13.7. The summed E-state index contributed by atoms with van der Waals surface area (Å²) in [6.07, 6.45) is -0.242. The van der Waals surface area contributed by atoms with Crippen LogP contribution in [0.2, 0.25) is 0 Å². The van der Waals surface area contributed by atoms with Crippen molar-refractivity contribution in [1.82, 2.24) is 14.5 Å².